The Kier molecular flexibility index (Phi) is 4.82. The van der Waals surface area contributed by atoms with Crippen LogP contribution in [0.15, 0.2) is 36.5 Å². The van der Waals surface area contributed by atoms with Crippen molar-refractivity contribution in [2.24, 2.45) is 0 Å². The molecule has 5 rings (SSSR count). The minimum absolute atomic E-state index is 0.513. The van der Waals surface area contributed by atoms with Crippen LogP contribution in [0.3, 0.4) is 0 Å². The average Bonchev–Trinajstić information content (AvgIpc) is 3.32. The first-order valence-corrected chi connectivity index (χ1v) is 10.8. The van der Waals surface area contributed by atoms with Crippen LogP contribution in [0.2, 0.25) is 0 Å². The molecular weight excluding hydrogens is 423 g/mol. The molecule has 4 aromatic rings. The van der Waals surface area contributed by atoms with Crippen molar-refractivity contribution in [1.29, 1.82) is 0 Å². The molecule has 0 saturated carbocycles. The summed E-state index contributed by atoms with van der Waals surface area (Å²) in [6.07, 6.45) is -1.72. The van der Waals surface area contributed by atoms with E-state index < -0.39 is 11.7 Å². The molecule has 5 nitrogen and oxygen atoms in total. The van der Waals surface area contributed by atoms with E-state index in [2.05, 4.69) is 20.0 Å². The molecule has 0 saturated heterocycles. The van der Waals surface area contributed by atoms with Crippen LogP contribution in [0.4, 0.5) is 13.2 Å². The van der Waals surface area contributed by atoms with Crippen LogP contribution in [0, 0.1) is 13.8 Å². The van der Waals surface area contributed by atoms with Gasteiger partial charge in [-0.3, -0.25) is 4.90 Å². The summed E-state index contributed by atoms with van der Waals surface area (Å²) < 4.78 is 41.1. The molecule has 0 aliphatic carbocycles. The second-order valence-electron chi connectivity index (χ2n) is 7.87. The minimum Gasteiger partial charge on any atom is -0.293 e. The number of thiazole rings is 1. The molecule has 9 heteroatoms. The van der Waals surface area contributed by atoms with Crippen molar-refractivity contribution < 1.29 is 13.2 Å². The normalized spacial score (nSPS) is 14.9. The average molecular weight is 443 g/mol. The van der Waals surface area contributed by atoms with Crippen molar-refractivity contribution in [3.63, 3.8) is 0 Å². The number of fused-ring (bicyclic) bond motifs is 2. The highest BCUT2D eigenvalue weighted by Gasteiger charge is 2.31. The molecular formula is C22H20F3N5S. The highest BCUT2D eigenvalue weighted by Crippen LogP contribution is 2.36. The van der Waals surface area contributed by atoms with Crippen LogP contribution >= 0.6 is 11.3 Å². The number of aryl methyl sites for hydroxylation is 2. The summed E-state index contributed by atoms with van der Waals surface area (Å²) >= 11 is 1.48. The third kappa shape index (κ3) is 3.83. The van der Waals surface area contributed by atoms with Gasteiger partial charge >= 0.3 is 6.18 Å². The van der Waals surface area contributed by atoms with Crippen LogP contribution < -0.4 is 0 Å². The Morgan fingerprint density at radius 3 is 2.77 bits per heavy atom. The molecule has 160 valence electrons. The Balaban J connectivity index is 1.38. The van der Waals surface area contributed by atoms with Crippen LogP contribution in [-0.2, 0) is 25.7 Å². The third-order valence-corrected chi connectivity index (χ3v) is 6.62. The van der Waals surface area contributed by atoms with Gasteiger partial charge < -0.3 is 0 Å². The van der Waals surface area contributed by atoms with Gasteiger partial charge in [-0.15, -0.1) is 11.3 Å². The fourth-order valence-electron chi connectivity index (χ4n) is 4.00. The Morgan fingerprint density at radius 1 is 1.13 bits per heavy atom. The number of aromatic nitrogens is 4. The van der Waals surface area contributed by atoms with E-state index in [0.717, 1.165) is 58.7 Å². The van der Waals surface area contributed by atoms with Crippen molar-refractivity contribution in [3.8, 4) is 10.6 Å². The number of halogens is 3. The summed E-state index contributed by atoms with van der Waals surface area (Å²) in [5, 5.41) is 5.11. The fourth-order valence-corrected chi connectivity index (χ4v) is 5.15. The quantitative estimate of drug-likeness (QED) is 0.445. The van der Waals surface area contributed by atoms with Crippen molar-refractivity contribution >= 4 is 17.0 Å². The monoisotopic (exact) mass is 443 g/mol. The molecule has 0 radical (unpaired) electrons. The maximum absolute atomic E-state index is 13.1. The minimum atomic E-state index is -4.36. The van der Waals surface area contributed by atoms with Gasteiger partial charge in [0.15, 0.2) is 5.65 Å². The summed E-state index contributed by atoms with van der Waals surface area (Å²) in [5.41, 5.74) is 4.79. The summed E-state index contributed by atoms with van der Waals surface area (Å²) in [4.78, 5) is 12.7. The molecule has 0 fully saturated rings. The van der Waals surface area contributed by atoms with Gasteiger partial charge in [0.2, 0.25) is 0 Å². The van der Waals surface area contributed by atoms with Gasteiger partial charge in [0.05, 0.1) is 17.5 Å². The van der Waals surface area contributed by atoms with E-state index in [1.54, 1.807) is 6.07 Å². The number of hydrogen-bond acceptors (Lipinski definition) is 5. The van der Waals surface area contributed by atoms with Gasteiger partial charge in [-0.25, -0.2) is 14.5 Å². The Hall–Kier alpha value is -2.78. The van der Waals surface area contributed by atoms with Crippen molar-refractivity contribution in [3.05, 3.63) is 69.6 Å². The zero-order valence-electron chi connectivity index (χ0n) is 17.1. The summed E-state index contributed by atoms with van der Waals surface area (Å²) in [5.74, 6) is 0. The fraction of sp³-hybridized carbons (Fsp3) is 0.318. The molecule has 1 aliphatic heterocycles. The van der Waals surface area contributed by atoms with Crippen molar-refractivity contribution in [2.75, 3.05) is 6.54 Å². The summed E-state index contributed by atoms with van der Waals surface area (Å²) in [6.45, 7) is 6.26. The summed E-state index contributed by atoms with van der Waals surface area (Å²) in [6, 6.07) is 7.40. The van der Waals surface area contributed by atoms with Crippen molar-refractivity contribution in [1.82, 2.24) is 24.5 Å². The molecule has 0 atom stereocenters. The number of alkyl halides is 3. The van der Waals surface area contributed by atoms with E-state index in [-0.39, 0.29) is 0 Å². The van der Waals surface area contributed by atoms with E-state index in [1.807, 2.05) is 30.6 Å². The Bertz CT molecular complexity index is 1270. The molecule has 3 aromatic heterocycles. The lowest BCUT2D eigenvalue weighted by molar-refractivity contribution is -0.137. The zero-order chi connectivity index (χ0) is 21.8. The molecule has 4 heterocycles. The van der Waals surface area contributed by atoms with Crippen LogP contribution in [0.5, 0.6) is 0 Å². The largest absolute Gasteiger partial charge is 0.416 e. The molecule has 0 bridgehead atoms. The second kappa shape index (κ2) is 7.42. The van der Waals surface area contributed by atoms with Crippen LogP contribution in [0.1, 0.15) is 33.1 Å². The SMILES string of the molecule is Cc1cc(C)n2ncc(CN3CCc4nc(-c5cccc(C(F)(F)F)c5)sc4C3)c2n1. The Morgan fingerprint density at radius 2 is 1.97 bits per heavy atom. The predicted molar refractivity (Wildman–Crippen MR) is 113 cm³/mol. The van der Waals surface area contributed by atoms with Crippen molar-refractivity contribution in [2.45, 2.75) is 39.5 Å². The molecule has 0 unspecified atom stereocenters. The van der Waals surface area contributed by atoms with Gasteiger partial charge in [-0.1, -0.05) is 12.1 Å². The number of hydrogen-bond donors (Lipinski definition) is 0. The van der Waals surface area contributed by atoms with Gasteiger partial charge in [-0.2, -0.15) is 18.3 Å². The highest BCUT2D eigenvalue weighted by molar-refractivity contribution is 7.15. The third-order valence-electron chi connectivity index (χ3n) is 5.49. The van der Waals surface area contributed by atoms with E-state index in [9.17, 15) is 13.2 Å². The maximum atomic E-state index is 13.1. The lowest BCUT2D eigenvalue weighted by atomic mass is 10.1. The molecule has 1 aliphatic rings. The molecule has 0 amide bonds. The lowest BCUT2D eigenvalue weighted by Crippen LogP contribution is -2.29. The number of benzene rings is 1. The predicted octanol–water partition coefficient (Wildman–Crippen LogP) is 5.05. The first-order chi connectivity index (χ1) is 14.8. The van der Waals surface area contributed by atoms with Crippen LogP contribution in [-0.4, -0.2) is 31.0 Å². The summed E-state index contributed by atoms with van der Waals surface area (Å²) in [7, 11) is 0. The zero-order valence-corrected chi connectivity index (χ0v) is 17.9. The standard InChI is InChI=1S/C22H20F3N5S/c1-13-8-14(2)30-20(27-13)16(10-26-30)11-29-7-6-18-19(12-29)31-21(28-18)15-4-3-5-17(9-15)22(23,24)25/h3-5,8-10H,6-7,11-12H2,1-2H3. The van der Waals surface area contributed by atoms with Gasteiger partial charge in [0.1, 0.15) is 5.01 Å². The van der Waals surface area contributed by atoms with Gasteiger partial charge in [0.25, 0.3) is 0 Å². The maximum Gasteiger partial charge on any atom is 0.416 e. The number of nitrogens with zero attached hydrogens (tertiary/aromatic N) is 5. The van der Waals surface area contributed by atoms with E-state index in [0.29, 0.717) is 17.1 Å². The van der Waals surface area contributed by atoms with E-state index >= 15 is 0 Å². The molecule has 0 spiro atoms. The van der Waals surface area contributed by atoms with Crippen LogP contribution in [0.25, 0.3) is 16.2 Å². The molecule has 0 N–H and O–H groups in total. The second-order valence-corrected chi connectivity index (χ2v) is 8.96. The lowest BCUT2D eigenvalue weighted by Gasteiger charge is -2.25. The topological polar surface area (TPSA) is 46.3 Å². The first kappa shape index (κ1) is 20.1. The smallest absolute Gasteiger partial charge is 0.293 e. The van der Waals surface area contributed by atoms with Gasteiger partial charge in [0, 0.05) is 53.4 Å². The number of rotatable bonds is 3. The Labute approximate surface area is 181 Å². The highest BCUT2D eigenvalue weighted by atomic mass is 32.1. The van der Waals surface area contributed by atoms with E-state index in [1.165, 1.54) is 23.5 Å². The molecule has 1 aromatic carbocycles. The molecule has 31 heavy (non-hydrogen) atoms. The van der Waals surface area contributed by atoms with Gasteiger partial charge in [-0.05, 0) is 32.0 Å². The van der Waals surface area contributed by atoms with E-state index in [4.69, 9.17) is 0 Å². The first-order valence-electron chi connectivity index (χ1n) is 9.97.